The van der Waals surface area contributed by atoms with E-state index in [-0.39, 0.29) is 17.6 Å². The van der Waals surface area contributed by atoms with Crippen molar-refractivity contribution in [3.8, 4) is 0 Å². The molecule has 6 nitrogen and oxygen atoms in total. The number of nitrogens with zero attached hydrogens (tertiary/aromatic N) is 2. The first-order chi connectivity index (χ1) is 11.0. The van der Waals surface area contributed by atoms with Crippen molar-refractivity contribution in [2.24, 2.45) is 11.8 Å². The van der Waals surface area contributed by atoms with Gasteiger partial charge in [-0.05, 0) is 24.7 Å². The predicted octanol–water partition coefficient (Wildman–Crippen LogP) is 2.40. The number of thioether (sulfide) groups is 1. The average Bonchev–Trinajstić information content (AvgIpc) is 2.88. The molecule has 2 N–H and O–H groups in total. The summed E-state index contributed by atoms with van der Waals surface area (Å²) >= 11 is 1.33. The molecule has 0 radical (unpaired) electrons. The van der Waals surface area contributed by atoms with Crippen molar-refractivity contribution in [2.75, 3.05) is 5.75 Å². The average molecular weight is 340 g/mol. The van der Waals surface area contributed by atoms with Crippen LogP contribution in [0.25, 0.3) is 0 Å². The van der Waals surface area contributed by atoms with Gasteiger partial charge in [0.05, 0.1) is 5.75 Å². The maximum Gasteiger partial charge on any atom is 0.343 e. The monoisotopic (exact) mass is 340 g/mol. The van der Waals surface area contributed by atoms with E-state index in [1.165, 1.54) is 24.6 Å². The minimum Gasteiger partial charge on any atom is -0.352 e. The Kier molecular flexibility index (Phi) is 6.74. The lowest BCUT2D eigenvalue weighted by molar-refractivity contribution is -0.120. The summed E-state index contributed by atoms with van der Waals surface area (Å²) < 4.78 is 1.62. The second kappa shape index (κ2) is 8.57. The van der Waals surface area contributed by atoms with E-state index >= 15 is 0 Å². The molecule has 3 atom stereocenters. The number of hydrogen-bond donors (Lipinski definition) is 2. The van der Waals surface area contributed by atoms with Gasteiger partial charge in [-0.1, -0.05) is 51.8 Å². The van der Waals surface area contributed by atoms with Crippen molar-refractivity contribution in [1.82, 2.24) is 20.1 Å². The molecule has 1 heterocycles. The summed E-state index contributed by atoms with van der Waals surface area (Å²) in [5.74, 6) is 1.50. The second-order valence-corrected chi connectivity index (χ2v) is 7.49. The highest BCUT2D eigenvalue weighted by Gasteiger charge is 2.28. The van der Waals surface area contributed by atoms with Crippen LogP contribution in [0.4, 0.5) is 0 Å². The first-order valence-electron chi connectivity index (χ1n) is 8.60. The molecule has 0 aromatic carbocycles. The van der Waals surface area contributed by atoms with Crippen LogP contribution in [0.1, 0.15) is 52.9 Å². The third-order valence-corrected chi connectivity index (χ3v) is 5.82. The maximum absolute atomic E-state index is 12.2. The summed E-state index contributed by atoms with van der Waals surface area (Å²) in [4.78, 5) is 23.9. The number of amides is 1. The molecule has 1 aliphatic carbocycles. The van der Waals surface area contributed by atoms with Gasteiger partial charge in [0.25, 0.3) is 0 Å². The van der Waals surface area contributed by atoms with E-state index in [0.29, 0.717) is 29.3 Å². The molecule has 0 spiro atoms. The van der Waals surface area contributed by atoms with Gasteiger partial charge in [0, 0.05) is 12.6 Å². The molecule has 23 heavy (non-hydrogen) atoms. The summed E-state index contributed by atoms with van der Waals surface area (Å²) in [6.07, 6.45) is 5.43. The van der Waals surface area contributed by atoms with E-state index in [1.807, 2.05) is 0 Å². The molecule has 1 aromatic heterocycles. The van der Waals surface area contributed by atoms with Crippen molar-refractivity contribution >= 4 is 17.7 Å². The van der Waals surface area contributed by atoms with Crippen molar-refractivity contribution in [2.45, 2.75) is 70.6 Å². The van der Waals surface area contributed by atoms with Crippen molar-refractivity contribution in [1.29, 1.82) is 0 Å². The molecule has 0 bridgehead atoms. The van der Waals surface area contributed by atoms with Gasteiger partial charge < -0.3 is 5.32 Å². The number of nitrogens with one attached hydrogen (secondary N) is 2. The Morgan fingerprint density at radius 1 is 1.43 bits per heavy atom. The highest BCUT2D eigenvalue weighted by atomic mass is 32.2. The summed E-state index contributed by atoms with van der Waals surface area (Å²) in [5.41, 5.74) is -0.198. The summed E-state index contributed by atoms with van der Waals surface area (Å²) in [6.45, 7) is 7.20. The molecule has 1 fully saturated rings. The van der Waals surface area contributed by atoms with Crippen LogP contribution in [-0.2, 0) is 11.3 Å². The number of rotatable bonds is 7. The highest BCUT2D eigenvalue weighted by Crippen LogP contribution is 2.29. The number of hydrogen-bond acceptors (Lipinski definition) is 4. The fourth-order valence-corrected chi connectivity index (χ4v) is 3.87. The Morgan fingerprint density at radius 2 is 2.22 bits per heavy atom. The van der Waals surface area contributed by atoms with Crippen molar-refractivity contribution in [3.05, 3.63) is 10.5 Å². The number of unbranched alkanes of at least 4 members (excludes halogenated alkanes) is 1. The van der Waals surface area contributed by atoms with Crippen LogP contribution in [0.3, 0.4) is 0 Å². The number of aromatic nitrogens is 3. The number of H-pyrrole nitrogens is 1. The first-order valence-corrected chi connectivity index (χ1v) is 9.58. The summed E-state index contributed by atoms with van der Waals surface area (Å²) in [6, 6.07) is 0.272. The number of aromatic amines is 1. The standard InChI is InChI=1S/C16H28N4O2S/c1-4-5-9-20-15(22)18-19-16(20)23-10-14(21)17-13-8-6-7-11(2)12(13)3/h11-13H,4-10H2,1-3H3,(H,17,21)(H,18,22). The molecule has 130 valence electrons. The van der Waals surface area contributed by atoms with Gasteiger partial charge in [0.15, 0.2) is 5.16 Å². The van der Waals surface area contributed by atoms with Gasteiger partial charge in [-0.15, -0.1) is 5.10 Å². The summed E-state index contributed by atoms with van der Waals surface area (Å²) in [7, 11) is 0. The largest absolute Gasteiger partial charge is 0.352 e. The highest BCUT2D eigenvalue weighted by molar-refractivity contribution is 7.99. The first kappa shape index (κ1) is 18.1. The van der Waals surface area contributed by atoms with Gasteiger partial charge in [0.2, 0.25) is 5.91 Å². The lowest BCUT2D eigenvalue weighted by atomic mass is 9.78. The molecule has 1 aliphatic rings. The van der Waals surface area contributed by atoms with Gasteiger partial charge in [-0.3, -0.25) is 9.36 Å². The Labute approximate surface area is 141 Å². The van der Waals surface area contributed by atoms with E-state index in [1.54, 1.807) is 4.57 Å². The van der Waals surface area contributed by atoms with Gasteiger partial charge in [0.1, 0.15) is 0 Å². The van der Waals surface area contributed by atoms with Crippen molar-refractivity contribution in [3.63, 3.8) is 0 Å². The quantitative estimate of drug-likeness (QED) is 0.747. The fraction of sp³-hybridized carbons (Fsp3) is 0.812. The van der Waals surface area contributed by atoms with Gasteiger partial charge in [-0.25, -0.2) is 9.89 Å². The maximum atomic E-state index is 12.2. The third-order valence-electron chi connectivity index (χ3n) is 4.84. The van der Waals surface area contributed by atoms with Gasteiger partial charge >= 0.3 is 5.69 Å². The zero-order valence-corrected chi connectivity index (χ0v) is 15.1. The molecule has 3 unspecified atom stereocenters. The topological polar surface area (TPSA) is 79.8 Å². The molecule has 1 aromatic rings. The van der Waals surface area contributed by atoms with E-state index in [9.17, 15) is 9.59 Å². The third kappa shape index (κ3) is 4.86. The molecule has 1 amide bonds. The molecule has 7 heteroatoms. The van der Waals surface area contributed by atoms with E-state index < -0.39 is 0 Å². The van der Waals surface area contributed by atoms with Gasteiger partial charge in [-0.2, -0.15) is 0 Å². The molecular weight excluding hydrogens is 312 g/mol. The lowest BCUT2D eigenvalue weighted by Crippen LogP contribution is -2.44. The molecule has 2 rings (SSSR count). The van der Waals surface area contributed by atoms with Crippen LogP contribution in [0.15, 0.2) is 9.95 Å². The number of carbonyl (C=O) groups is 1. The van der Waals surface area contributed by atoms with Crippen LogP contribution in [-0.4, -0.2) is 32.5 Å². The minimum absolute atomic E-state index is 0.0263. The van der Waals surface area contributed by atoms with E-state index in [2.05, 4.69) is 36.3 Å². The molecule has 0 aliphatic heterocycles. The number of carbonyl (C=O) groups excluding carboxylic acids is 1. The Morgan fingerprint density at radius 3 is 2.96 bits per heavy atom. The van der Waals surface area contributed by atoms with Crippen molar-refractivity contribution < 1.29 is 4.79 Å². The van der Waals surface area contributed by atoms with E-state index in [4.69, 9.17) is 0 Å². The van der Waals surface area contributed by atoms with E-state index in [0.717, 1.165) is 19.3 Å². The molecule has 0 saturated heterocycles. The summed E-state index contributed by atoms with van der Waals surface area (Å²) in [5, 5.41) is 10.2. The Hall–Kier alpha value is -1.24. The predicted molar refractivity (Wildman–Crippen MR) is 92.6 cm³/mol. The minimum atomic E-state index is -0.198. The van der Waals surface area contributed by atoms with Crippen LogP contribution in [0, 0.1) is 11.8 Å². The normalized spacial score (nSPS) is 24.6. The second-order valence-electron chi connectivity index (χ2n) is 6.55. The van der Waals surface area contributed by atoms with Crippen LogP contribution in [0.2, 0.25) is 0 Å². The zero-order valence-electron chi connectivity index (χ0n) is 14.3. The van der Waals surface area contributed by atoms with Crippen LogP contribution in [0.5, 0.6) is 0 Å². The van der Waals surface area contributed by atoms with Crippen LogP contribution >= 0.6 is 11.8 Å². The van der Waals surface area contributed by atoms with Crippen LogP contribution < -0.4 is 11.0 Å². The Balaban J connectivity index is 1.86. The smallest absolute Gasteiger partial charge is 0.343 e. The lowest BCUT2D eigenvalue weighted by Gasteiger charge is -2.34. The Bertz CT molecular complexity index is 569. The zero-order chi connectivity index (χ0) is 16.8. The molecular formula is C16H28N4O2S. The molecule has 1 saturated carbocycles. The SMILES string of the molecule is CCCCn1c(SCC(=O)NC2CCCC(C)C2C)n[nH]c1=O. The fourth-order valence-electron chi connectivity index (χ4n) is 3.09.